The van der Waals surface area contributed by atoms with Gasteiger partial charge in [0.25, 0.3) is 0 Å². The number of fused-ring (bicyclic) bond motifs is 5. The van der Waals surface area contributed by atoms with Crippen LogP contribution >= 0.6 is 0 Å². The lowest BCUT2D eigenvalue weighted by molar-refractivity contribution is -0.301. The second-order valence-electron chi connectivity index (χ2n) is 11.3. The number of hydrogen-bond donors (Lipinski definition) is 3. The van der Waals surface area contributed by atoms with Crippen LogP contribution in [0.3, 0.4) is 0 Å². The normalized spacial score (nSPS) is 36.7. The smallest absolute Gasteiger partial charge is 0.343 e. The summed E-state index contributed by atoms with van der Waals surface area (Å²) < 4.78 is 28.4. The average Bonchev–Trinajstić information content (AvgIpc) is 3.37. The summed E-state index contributed by atoms with van der Waals surface area (Å²) in [5.41, 5.74) is -8.29. The van der Waals surface area contributed by atoms with E-state index in [0.29, 0.717) is 22.8 Å². The maximum absolute atomic E-state index is 13.5. The highest BCUT2D eigenvalue weighted by Gasteiger charge is 2.78. The first-order valence-electron chi connectivity index (χ1n) is 12.5. The predicted octanol–water partition coefficient (Wildman–Crippen LogP) is 2.14. The highest BCUT2D eigenvalue weighted by Crippen LogP contribution is 2.65. The van der Waals surface area contributed by atoms with E-state index in [0.717, 1.165) is 0 Å². The van der Waals surface area contributed by atoms with Gasteiger partial charge in [-0.05, 0) is 44.9 Å². The Labute approximate surface area is 218 Å². The van der Waals surface area contributed by atoms with Crippen molar-refractivity contribution in [3.63, 3.8) is 0 Å². The summed E-state index contributed by atoms with van der Waals surface area (Å²) in [5.74, 6) is 1.22. The topological polar surface area (TPSA) is 145 Å². The number of allylic oxidation sites excluding steroid dienone is 1. The first kappa shape index (κ1) is 25.0. The Bertz CT molecular complexity index is 1460. The van der Waals surface area contributed by atoms with Gasteiger partial charge in [0.1, 0.15) is 22.7 Å². The van der Waals surface area contributed by atoms with Gasteiger partial charge < -0.3 is 38.7 Å². The number of carbonyl (C=O) groups excluding carboxylic acids is 1. The second kappa shape index (κ2) is 7.62. The molecule has 10 heteroatoms. The summed E-state index contributed by atoms with van der Waals surface area (Å²) in [6, 6.07) is 4.90. The van der Waals surface area contributed by atoms with Crippen molar-refractivity contribution in [2.45, 2.75) is 56.8 Å². The number of benzene rings is 1. The molecule has 10 nitrogen and oxygen atoms in total. The molecule has 0 amide bonds. The van der Waals surface area contributed by atoms with Crippen molar-refractivity contribution in [3.05, 3.63) is 46.3 Å². The summed E-state index contributed by atoms with van der Waals surface area (Å²) in [7, 11) is 1.49. The van der Waals surface area contributed by atoms with E-state index < -0.39 is 45.6 Å². The molecule has 3 N–H and O–H groups in total. The minimum absolute atomic E-state index is 0.0394. The molecule has 202 valence electrons. The van der Waals surface area contributed by atoms with Crippen LogP contribution in [0.4, 0.5) is 0 Å². The molecule has 2 aromatic rings. The molecule has 1 saturated carbocycles. The van der Waals surface area contributed by atoms with E-state index in [9.17, 15) is 24.9 Å². The van der Waals surface area contributed by atoms with Crippen LogP contribution in [0.5, 0.6) is 23.0 Å². The van der Waals surface area contributed by atoms with Gasteiger partial charge >= 0.3 is 5.63 Å². The fourth-order valence-electron chi connectivity index (χ4n) is 6.92. The molecule has 3 heterocycles. The standard InChI is InChI=1S/C28H30O10/c1-24(13-29)6-5-21(30)26(3)27(24,32)8-7-25(2)28(26,33)12-16-18(38-25)11-17(37-23(16)31)15-9-19(34-4)22-20(10-15)35-14-36-22/h5-6,9-11,29,32-33H,7-8,12-14H2,1-4H3/t24-,25+,26-,27+,28+/m0/s1. The molecule has 0 unspecified atom stereocenters. The molecule has 2 aliphatic carbocycles. The van der Waals surface area contributed by atoms with E-state index in [-0.39, 0.29) is 43.1 Å². The van der Waals surface area contributed by atoms with Gasteiger partial charge in [0, 0.05) is 23.5 Å². The SMILES string of the molecule is COc1cc(-c2cc3c(c(=O)o2)C[C@]2(O)[C@@]4(C)C(=O)C=C[C@@](C)(CO)[C@]4(O)CC[C@@]2(C)O3)cc2c1OCO2. The Morgan fingerprint density at radius 1 is 1.00 bits per heavy atom. The molecule has 1 fully saturated rings. The molecule has 0 bridgehead atoms. The van der Waals surface area contributed by atoms with Crippen molar-refractivity contribution in [3.8, 4) is 34.3 Å². The van der Waals surface area contributed by atoms with Crippen LogP contribution in [-0.2, 0) is 11.2 Å². The van der Waals surface area contributed by atoms with Gasteiger partial charge in [-0.15, -0.1) is 0 Å². The van der Waals surface area contributed by atoms with E-state index in [1.54, 1.807) is 32.0 Å². The zero-order valence-electron chi connectivity index (χ0n) is 21.6. The monoisotopic (exact) mass is 526 g/mol. The Balaban J connectivity index is 1.49. The summed E-state index contributed by atoms with van der Waals surface area (Å²) >= 11 is 0. The lowest BCUT2D eigenvalue weighted by Gasteiger charge is -2.68. The number of hydrogen-bond acceptors (Lipinski definition) is 10. The fraction of sp³-hybridized carbons (Fsp3) is 0.500. The molecular weight excluding hydrogens is 496 g/mol. The summed E-state index contributed by atoms with van der Waals surface area (Å²) in [5, 5.41) is 34.6. The molecule has 0 saturated heterocycles. The first-order valence-corrected chi connectivity index (χ1v) is 12.5. The van der Waals surface area contributed by atoms with Gasteiger partial charge in [0.05, 0.1) is 30.3 Å². The molecular formula is C28H30O10. The predicted molar refractivity (Wildman–Crippen MR) is 132 cm³/mol. The van der Waals surface area contributed by atoms with Crippen molar-refractivity contribution >= 4 is 5.78 Å². The van der Waals surface area contributed by atoms with Crippen LogP contribution in [-0.4, -0.2) is 58.4 Å². The third-order valence-electron chi connectivity index (χ3n) is 9.58. The molecule has 0 spiro atoms. The fourth-order valence-corrected chi connectivity index (χ4v) is 6.92. The minimum atomic E-state index is -1.99. The van der Waals surface area contributed by atoms with Crippen LogP contribution in [0.15, 0.2) is 39.6 Å². The van der Waals surface area contributed by atoms with Crippen LogP contribution in [0, 0.1) is 10.8 Å². The third-order valence-corrected chi connectivity index (χ3v) is 9.58. The quantitative estimate of drug-likeness (QED) is 0.544. The summed E-state index contributed by atoms with van der Waals surface area (Å²) in [6.07, 6.45) is 2.76. The Morgan fingerprint density at radius 2 is 1.76 bits per heavy atom. The van der Waals surface area contributed by atoms with Gasteiger partial charge in [-0.25, -0.2) is 4.79 Å². The molecule has 5 atom stereocenters. The van der Waals surface area contributed by atoms with Crippen molar-refractivity contribution in [1.82, 2.24) is 0 Å². The third kappa shape index (κ3) is 2.77. The first-order chi connectivity index (χ1) is 17.9. The average molecular weight is 527 g/mol. The van der Waals surface area contributed by atoms with Crippen molar-refractivity contribution in [2.75, 3.05) is 20.5 Å². The molecule has 0 radical (unpaired) electrons. The zero-order valence-corrected chi connectivity index (χ0v) is 21.6. The van der Waals surface area contributed by atoms with Gasteiger partial charge in [-0.3, -0.25) is 4.79 Å². The summed E-state index contributed by atoms with van der Waals surface area (Å²) in [4.78, 5) is 26.8. The van der Waals surface area contributed by atoms with Gasteiger partial charge in [0.15, 0.2) is 17.3 Å². The highest BCUT2D eigenvalue weighted by molar-refractivity contribution is 5.98. The highest BCUT2D eigenvalue weighted by atomic mass is 16.7. The zero-order chi connectivity index (χ0) is 27.3. The number of ketones is 1. The number of aliphatic hydroxyl groups excluding tert-OH is 1. The van der Waals surface area contributed by atoms with Crippen molar-refractivity contribution in [2.24, 2.45) is 10.8 Å². The maximum Gasteiger partial charge on any atom is 0.343 e. The Morgan fingerprint density at radius 3 is 2.47 bits per heavy atom. The Kier molecular flexibility index (Phi) is 5.00. The maximum atomic E-state index is 13.5. The van der Waals surface area contributed by atoms with E-state index in [1.165, 1.54) is 26.2 Å². The molecule has 2 aliphatic heterocycles. The number of rotatable bonds is 3. The van der Waals surface area contributed by atoms with Crippen LogP contribution in [0.1, 0.15) is 39.2 Å². The second-order valence-corrected chi connectivity index (χ2v) is 11.3. The number of aliphatic hydroxyl groups is 3. The van der Waals surface area contributed by atoms with Crippen molar-refractivity contribution in [1.29, 1.82) is 0 Å². The number of ether oxygens (including phenoxy) is 4. The van der Waals surface area contributed by atoms with E-state index in [2.05, 4.69) is 0 Å². The lowest BCUT2D eigenvalue weighted by atomic mass is 9.41. The molecule has 6 rings (SSSR count). The van der Waals surface area contributed by atoms with E-state index in [1.807, 2.05) is 0 Å². The van der Waals surface area contributed by atoms with E-state index >= 15 is 0 Å². The van der Waals surface area contributed by atoms with E-state index in [4.69, 9.17) is 23.4 Å². The van der Waals surface area contributed by atoms with Gasteiger partial charge in [-0.1, -0.05) is 13.0 Å². The summed E-state index contributed by atoms with van der Waals surface area (Å²) in [6.45, 7) is 4.43. The molecule has 38 heavy (non-hydrogen) atoms. The lowest BCUT2D eigenvalue weighted by Crippen LogP contribution is -2.82. The molecule has 1 aromatic carbocycles. The molecule has 4 aliphatic rings. The Hall–Kier alpha value is -3.34. The van der Waals surface area contributed by atoms with Crippen LogP contribution in [0.2, 0.25) is 0 Å². The van der Waals surface area contributed by atoms with Gasteiger partial charge in [0.2, 0.25) is 12.5 Å². The number of carbonyl (C=O) groups is 1. The number of methoxy groups -OCH3 is 1. The van der Waals surface area contributed by atoms with Gasteiger partial charge in [-0.2, -0.15) is 0 Å². The molecule has 1 aromatic heterocycles. The minimum Gasteiger partial charge on any atom is -0.493 e. The van der Waals surface area contributed by atoms with Crippen LogP contribution < -0.4 is 24.6 Å². The van der Waals surface area contributed by atoms with Crippen molar-refractivity contribution < 1.29 is 43.5 Å². The largest absolute Gasteiger partial charge is 0.493 e. The van der Waals surface area contributed by atoms with Crippen LogP contribution in [0.25, 0.3) is 11.3 Å².